The number of carbonyl (C=O) groups excluding carboxylic acids is 1. The molecule has 1 aromatic heterocycles. The van der Waals surface area contributed by atoms with Crippen LogP contribution in [0.5, 0.6) is 0 Å². The number of fused-ring (bicyclic) bond motifs is 1. The Hall–Kier alpha value is -2.67. The number of hydrogen-bond donors (Lipinski definition) is 1. The Labute approximate surface area is 166 Å². The standard InChI is InChI=1S/C21H28N6O/c1-15-13-19(24-21(22)23-15)25-9-11-26(12-10-25)20(28)16(2)27-8-7-17-5-3-4-6-18(17)14-27/h3-6,13,16H,7-12,14H2,1-2H3,(H2,22,23,24)/t16-/m1/s1. The maximum Gasteiger partial charge on any atom is 0.239 e. The molecule has 148 valence electrons. The number of aryl methyl sites for hydroxylation is 1. The molecule has 0 unspecified atom stereocenters. The van der Waals surface area contributed by atoms with E-state index in [9.17, 15) is 4.79 Å². The molecule has 1 saturated heterocycles. The highest BCUT2D eigenvalue weighted by Crippen LogP contribution is 2.22. The number of piperazine rings is 1. The molecule has 3 heterocycles. The van der Waals surface area contributed by atoms with Crippen LogP contribution in [0, 0.1) is 6.92 Å². The number of amides is 1. The minimum Gasteiger partial charge on any atom is -0.368 e. The van der Waals surface area contributed by atoms with Crippen LogP contribution in [-0.2, 0) is 17.8 Å². The van der Waals surface area contributed by atoms with Crippen molar-refractivity contribution < 1.29 is 4.79 Å². The Morgan fingerprint density at radius 2 is 1.79 bits per heavy atom. The summed E-state index contributed by atoms with van der Waals surface area (Å²) in [6, 6.07) is 10.4. The zero-order valence-electron chi connectivity index (χ0n) is 16.6. The van der Waals surface area contributed by atoms with Gasteiger partial charge in [0.2, 0.25) is 11.9 Å². The number of carbonyl (C=O) groups is 1. The first-order valence-corrected chi connectivity index (χ1v) is 9.97. The Morgan fingerprint density at radius 1 is 1.07 bits per heavy atom. The summed E-state index contributed by atoms with van der Waals surface area (Å²) in [5.74, 6) is 1.36. The van der Waals surface area contributed by atoms with Crippen molar-refractivity contribution >= 4 is 17.7 Å². The number of nitrogen functional groups attached to an aromatic ring is 1. The van der Waals surface area contributed by atoms with E-state index in [-0.39, 0.29) is 11.9 Å². The molecular weight excluding hydrogens is 352 g/mol. The van der Waals surface area contributed by atoms with Gasteiger partial charge in [0.25, 0.3) is 0 Å². The predicted molar refractivity (Wildman–Crippen MR) is 110 cm³/mol. The lowest BCUT2D eigenvalue weighted by Crippen LogP contribution is -2.55. The topological polar surface area (TPSA) is 78.6 Å². The van der Waals surface area contributed by atoms with Crippen molar-refractivity contribution in [3.05, 3.63) is 47.2 Å². The van der Waals surface area contributed by atoms with Crippen molar-refractivity contribution in [2.45, 2.75) is 32.9 Å². The minimum atomic E-state index is -0.100. The lowest BCUT2D eigenvalue weighted by molar-refractivity contribution is -0.137. The summed E-state index contributed by atoms with van der Waals surface area (Å²) in [7, 11) is 0. The van der Waals surface area contributed by atoms with Crippen molar-refractivity contribution in [2.75, 3.05) is 43.4 Å². The molecule has 7 heteroatoms. The maximum atomic E-state index is 13.1. The average molecular weight is 380 g/mol. The first-order valence-electron chi connectivity index (χ1n) is 9.97. The average Bonchev–Trinajstić information content (AvgIpc) is 2.72. The van der Waals surface area contributed by atoms with Crippen LogP contribution in [0.3, 0.4) is 0 Å². The van der Waals surface area contributed by atoms with Crippen LogP contribution in [0.2, 0.25) is 0 Å². The number of hydrogen-bond acceptors (Lipinski definition) is 6. The number of rotatable bonds is 3. The normalized spacial score (nSPS) is 18.6. The van der Waals surface area contributed by atoms with E-state index in [2.05, 4.69) is 44.0 Å². The molecule has 1 amide bonds. The van der Waals surface area contributed by atoms with Gasteiger partial charge in [0, 0.05) is 51.0 Å². The van der Waals surface area contributed by atoms with Crippen LogP contribution < -0.4 is 10.6 Å². The van der Waals surface area contributed by atoms with Crippen molar-refractivity contribution in [3.63, 3.8) is 0 Å². The van der Waals surface area contributed by atoms with E-state index in [4.69, 9.17) is 5.73 Å². The highest BCUT2D eigenvalue weighted by Gasteiger charge is 2.30. The van der Waals surface area contributed by atoms with Gasteiger partial charge in [-0.3, -0.25) is 9.69 Å². The van der Waals surface area contributed by atoms with E-state index >= 15 is 0 Å². The van der Waals surface area contributed by atoms with Crippen molar-refractivity contribution in [2.24, 2.45) is 0 Å². The molecule has 1 aromatic carbocycles. The smallest absolute Gasteiger partial charge is 0.239 e. The fourth-order valence-corrected chi connectivity index (χ4v) is 4.16. The third-order valence-corrected chi connectivity index (χ3v) is 5.84. The molecule has 0 saturated carbocycles. The lowest BCUT2D eigenvalue weighted by Gasteiger charge is -2.39. The van der Waals surface area contributed by atoms with Gasteiger partial charge in [-0.25, -0.2) is 4.98 Å². The highest BCUT2D eigenvalue weighted by atomic mass is 16.2. The number of anilines is 2. The van der Waals surface area contributed by atoms with Gasteiger partial charge in [-0.2, -0.15) is 4.98 Å². The van der Waals surface area contributed by atoms with Gasteiger partial charge in [-0.15, -0.1) is 0 Å². The van der Waals surface area contributed by atoms with Gasteiger partial charge in [0.1, 0.15) is 5.82 Å². The Morgan fingerprint density at radius 3 is 2.50 bits per heavy atom. The van der Waals surface area contributed by atoms with Gasteiger partial charge in [-0.05, 0) is 31.4 Å². The summed E-state index contributed by atoms with van der Waals surface area (Å²) in [5.41, 5.74) is 9.39. The molecule has 2 N–H and O–H groups in total. The van der Waals surface area contributed by atoms with Crippen LogP contribution in [0.25, 0.3) is 0 Å². The van der Waals surface area contributed by atoms with Gasteiger partial charge >= 0.3 is 0 Å². The van der Waals surface area contributed by atoms with Crippen LogP contribution in [0.1, 0.15) is 23.7 Å². The quantitative estimate of drug-likeness (QED) is 0.869. The molecule has 0 bridgehead atoms. The lowest BCUT2D eigenvalue weighted by atomic mass is 9.98. The molecular formula is C21H28N6O. The van der Waals surface area contributed by atoms with Gasteiger partial charge in [-0.1, -0.05) is 24.3 Å². The van der Waals surface area contributed by atoms with Crippen LogP contribution in [0.4, 0.5) is 11.8 Å². The Balaban J connectivity index is 1.36. The molecule has 2 aromatic rings. The second-order valence-corrected chi connectivity index (χ2v) is 7.70. The zero-order valence-corrected chi connectivity index (χ0v) is 16.6. The van der Waals surface area contributed by atoms with E-state index in [0.717, 1.165) is 44.1 Å². The SMILES string of the molecule is Cc1cc(N2CCN(C(=O)[C@@H](C)N3CCc4ccccc4C3)CC2)nc(N)n1. The third kappa shape index (κ3) is 3.80. The summed E-state index contributed by atoms with van der Waals surface area (Å²) in [5, 5.41) is 0. The van der Waals surface area contributed by atoms with Crippen LogP contribution in [-0.4, -0.2) is 64.4 Å². The monoisotopic (exact) mass is 380 g/mol. The third-order valence-electron chi connectivity index (χ3n) is 5.84. The molecule has 2 aliphatic rings. The van der Waals surface area contributed by atoms with Crippen molar-refractivity contribution in [1.82, 2.24) is 19.8 Å². The van der Waals surface area contributed by atoms with E-state index in [1.807, 2.05) is 24.8 Å². The largest absolute Gasteiger partial charge is 0.368 e. The van der Waals surface area contributed by atoms with E-state index in [1.54, 1.807) is 0 Å². The molecule has 4 rings (SSSR count). The first kappa shape index (κ1) is 18.7. The molecule has 0 spiro atoms. The van der Waals surface area contributed by atoms with E-state index in [0.29, 0.717) is 19.0 Å². The van der Waals surface area contributed by atoms with Gasteiger partial charge in [0.05, 0.1) is 6.04 Å². The molecule has 0 aliphatic carbocycles. The minimum absolute atomic E-state index is 0.100. The number of nitrogens with two attached hydrogens (primary N) is 1. The highest BCUT2D eigenvalue weighted by molar-refractivity contribution is 5.81. The molecule has 1 fully saturated rings. The number of aromatic nitrogens is 2. The summed E-state index contributed by atoms with van der Waals surface area (Å²) in [4.78, 5) is 28.0. The fourth-order valence-electron chi connectivity index (χ4n) is 4.16. The molecule has 1 atom stereocenters. The van der Waals surface area contributed by atoms with E-state index in [1.165, 1.54) is 11.1 Å². The van der Waals surface area contributed by atoms with Gasteiger partial charge in [0.15, 0.2) is 0 Å². The predicted octanol–water partition coefficient (Wildman–Crippen LogP) is 1.46. The van der Waals surface area contributed by atoms with E-state index < -0.39 is 0 Å². The number of nitrogens with zero attached hydrogens (tertiary/aromatic N) is 5. The second kappa shape index (κ2) is 7.75. The molecule has 0 radical (unpaired) electrons. The maximum absolute atomic E-state index is 13.1. The summed E-state index contributed by atoms with van der Waals surface area (Å²) >= 11 is 0. The summed E-state index contributed by atoms with van der Waals surface area (Å²) in [6.45, 7) is 8.67. The van der Waals surface area contributed by atoms with Crippen LogP contribution >= 0.6 is 0 Å². The molecule has 7 nitrogen and oxygen atoms in total. The second-order valence-electron chi connectivity index (χ2n) is 7.70. The first-order chi connectivity index (χ1) is 13.5. The van der Waals surface area contributed by atoms with Crippen molar-refractivity contribution in [1.29, 1.82) is 0 Å². The van der Waals surface area contributed by atoms with Gasteiger partial charge < -0.3 is 15.5 Å². The van der Waals surface area contributed by atoms with Crippen LogP contribution in [0.15, 0.2) is 30.3 Å². The molecule has 28 heavy (non-hydrogen) atoms. The Bertz CT molecular complexity index is 841. The fraction of sp³-hybridized carbons (Fsp3) is 0.476. The molecule has 2 aliphatic heterocycles. The summed E-state index contributed by atoms with van der Waals surface area (Å²) < 4.78 is 0. The van der Waals surface area contributed by atoms with Crippen molar-refractivity contribution in [3.8, 4) is 0 Å². The zero-order chi connectivity index (χ0) is 19.7. The number of benzene rings is 1. The Kier molecular flexibility index (Phi) is 5.17. The summed E-state index contributed by atoms with van der Waals surface area (Å²) in [6.07, 6.45) is 1.01.